The standard InChI is InChI=1S/C26H36N4O3/c1-26(25(32)27-21-9-4-2-3-5-10-21)19-29-22-11-7-6-8-20(22)18-23(29)24(31)30(26)13-12-28-14-16-33-17-15-28/h6-8,11,18,21H,2-5,9-10,12-17,19H2,1H3,(H,27,32). The molecule has 1 atom stereocenters. The minimum Gasteiger partial charge on any atom is -0.379 e. The second-order valence-electron chi connectivity index (χ2n) is 10.0. The largest absolute Gasteiger partial charge is 0.379 e. The van der Waals surface area contributed by atoms with Crippen LogP contribution < -0.4 is 5.32 Å². The number of rotatable bonds is 5. The van der Waals surface area contributed by atoms with Gasteiger partial charge in [0.15, 0.2) is 0 Å². The van der Waals surface area contributed by atoms with Gasteiger partial charge in [0.25, 0.3) is 5.91 Å². The van der Waals surface area contributed by atoms with Gasteiger partial charge in [-0.3, -0.25) is 14.5 Å². The fourth-order valence-electron chi connectivity index (χ4n) is 5.69. The third kappa shape index (κ3) is 4.41. The van der Waals surface area contributed by atoms with Crippen LogP contribution in [0.25, 0.3) is 10.9 Å². The number of aromatic nitrogens is 1. The van der Waals surface area contributed by atoms with E-state index in [1.807, 2.05) is 42.2 Å². The first-order chi connectivity index (χ1) is 16.1. The summed E-state index contributed by atoms with van der Waals surface area (Å²) in [6.45, 7) is 6.90. The molecule has 2 aromatic rings. The molecule has 7 heteroatoms. The first kappa shape index (κ1) is 22.4. The first-order valence-corrected chi connectivity index (χ1v) is 12.6. The lowest BCUT2D eigenvalue weighted by atomic mass is 9.93. The fraction of sp³-hybridized carbons (Fsp3) is 0.615. The zero-order chi connectivity index (χ0) is 22.8. The number of nitrogens with one attached hydrogen (secondary N) is 1. The molecule has 0 spiro atoms. The highest BCUT2D eigenvalue weighted by Crippen LogP contribution is 2.32. The Morgan fingerprint density at radius 3 is 2.58 bits per heavy atom. The van der Waals surface area contributed by atoms with Crippen LogP contribution in [0.15, 0.2) is 30.3 Å². The quantitative estimate of drug-likeness (QED) is 0.709. The summed E-state index contributed by atoms with van der Waals surface area (Å²) in [4.78, 5) is 31.8. The van der Waals surface area contributed by atoms with E-state index in [-0.39, 0.29) is 17.9 Å². The molecule has 0 radical (unpaired) electrons. The molecule has 33 heavy (non-hydrogen) atoms. The maximum atomic E-state index is 13.8. The van der Waals surface area contributed by atoms with Gasteiger partial charge in [0.1, 0.15) is 11.2 Å². The van der Waals surface area contributed by atoms with E-state index in [2.05, 4.69) is 14.8 Å². The number of fused-ring (bicyclic) bond motifs is 3. The molecule has 1 aromatic carbocycles. The number of hydrogen-bond acceptors (Lipinski definition) is 4. The highest BCUT2D eigenvalue weighted by Gasteiger charge is 2.48. The molecule has 2 amide bonds. The predicted molar refractivity (Wildman–Crippen MR) is 128 cm³/mol. The number of hydrogen-bond donors (Lipinski definition) is 1. The zero-order valence-corrected chi connectivity index (χ0v) is 19.7. The molecule has 7 nitrogen and oxygen atoms in total. The maximum Gasteiger partial charge on any atom is 0.271 e. The molecule has 1 saturated carbocycles. The van der Waals surface area contributed by atoms with Gasteiger partial charge in [-0.1, -0.05) is 43.9 Å². The summed E-state index contributed by atoms with van der Waals surface area (Å²) in [5.74, 6) is -0.0719. The number of carbonyl (C=O) groups excluding carboxylic acids is 2. The molecule has 1 N–H and O–H groups in total. The van der Waals surface area contributed by atoms with Gasteiger partial charge < -0.3 is 19.5 Å². The van der Waals surface area contributed by atoms with Crippen molar-refractivity contribution < 1.29 is 14.3 Å². The molecule has 3 heterocycles. The van der Waals surface area contributed by atoms with E-state index < -0.39 is 5.54 Å². The molecule has 1 aliphatic carbocycles. The van der Waals surface area contributed by atoms with E-state index in [1.54, 1.807) is 0 Å². The van der Waals surface area contributed by atoms with Crippen LogP contribution in [0.5, 0.6) is 0 Å². The van der Waals surface area contributed by atoms with Crippen LogP contribution in [0.1, 0.15) is 55.9 Å². The average Bonchev–Trinajstić information content (AvgIpc) is 3.00. The molecule has 3 aliphatic rings. The van der Waals surface area contributed by atoms with Crippen LogP contribution in [-0.4, -0.2) is 77.2 Å². The minimum absolute atomic E-state index is 0.0202. The Morgan fingerprint density at radius 2 is 1.82 bits per heavy atom. The Labute approximate surface area is 196 Å². The molecule has 0 bridgehead atoms. The molecular formula is C26H36N4O3. The molecule has 178 valence electrons. The fourth-order valence-corrected chi connectivity index (χ4v) is 5.69. The van der Waals surface area contributed by atoms with Crippen molar-refractivity contribution in [3.8, 4) is 0 Å². The van der Waals surface area contributed by atoms with Crippen molar-refractivity contribution in [3.63, 3.8) is 0 Å². The topological polar surface area (TPSA) is 66.8 Å². The minimum atomic E-state index is -0.926. The lowest BCUT2D eigenvalue weighted by Gasteiger charge is -2.45. The second kappa shape index (κ2) is 9.47. The number of benzene rings is 1. The predicted octanol–water partition coefficient (Wildman–Crippen LogP) is 3.03. The highest BCUT2D eigenvalue weighted by molar-refractivity contribution is 6.03. The van der Waals surface area contributed by atoms with Crippen molar-refractivity contribution in [2.75, 3.05) is 39.4 Å². The summed E-state index contributed by atoms with van der Waals surface area (Å²) in [6.07, 6.45) is 6.86. The van der Waals surface area contributed by atoms with Crippen molar-refractivity contribution in [1.82, 2.24) is 19.7 Å². The number of ether oxygens (including phenoxy) is 1. The highest BCUT2D eigenvalue weighted by atomic mass is 16.5. The third-order valence-electron chi connectivity index (χ3n) is 7.76. The van der Waals surface area contributed by atoms with E-state index in [0.717, 1.165) is 69.4 Å². The lowest BCUT2D eigenvalue weighted by Crippen LogP contribution is -2.65. The Kier molecular flexibility index (Phi) is 6.43. The van der Waals surface area contributed by atoms with Gasteiger partial charge in [0.05, 0.1) is 19.8 Å². The number of nitrogens with zero attached hydrogens (tertiary/aromatic N) is 3. The van der Waals surface area contributed by atoms with Gasteiger partial charge in [0, 0.05) is 43.1 Å². The summed E-state index contributed by atoms with van der Waals surface area (Å²) in [5.41, 5.74) is 0.768. The van der Waals surface area contributed by atoms with Gasteiger partial charge in [-0.2, -0.15) is 0 Å². The summed E-state index contributed by atoms with van der Waals surface area (Å²) in [5, 5.41) is 4.39. The molecule has 5 rings (SSSR count). The molecule has 1 unspecified atom stereocenters. The SMILES string of the molecule is CC1(C(=O)NC2CCCCCC2)Cn2c(cc3ccccc32)C(=O)N1CCN1CCOCC1. The van der Waals surface area contributed by atoms with E-state index in [9.17, 15) is 9.59 Å². The van der Waals surface area contributed by atoms with Crippen LogP contribution in [0.3, 0.4) is 0 Å². The average molecular weight is 453 g/mol. The van der Waals surface area contributed by atoms with Gasteiger partial charge in [-0.05, 0) is 31.9 Å². The van der Waals surface area contributed by atoms with Gasteiger partial charge in [0.2, 0.25) is 5.91 Å². The van der Waals surface area contributed by atoms with Crippen molar-refractivity contribution in [2.45, 2.75) is 63.6 Å². The van der Waals surface area contributed by atoms with Crippen LogP contribution in [0, 0.1) is 0 Å². The summed E-state index contributed by atoms with van der Waals surface area (Å²) in [6, 6.07) is 10.2. The van der Waals surface area contributed by atoms with Crippen molar-refractivity contribution in [1.29, 1.82) is 0 Å². The molecular weight excluding hydrogens is 416 g/mol. The van der Waals surface area contributed by atoms with Crippen molar-refractivity contribution in [3.05, 3.63) is 36.0 Å². The van der Waals surface area contributed by atoms with Gasteiger partial charge in [-0.25, -0.2) is 0 Å². The Hall–Kier alpha value is -2.38. The normalized spacial score (nSPS) is 25.1. The van der Waals surface area contributed by atoms with Crippen molar-refractivity contribution in [2.24, 2.45) is 0 Å². The number of para-hydroxylation sites is 1. The molecule has 1 saturated heterocycles. The number of carbonyl (C=O) groups is 2. The molecule has 2 aliphatic heterocycles. The van der Waals surface area contributed by atoms with Gasteiger partial charge in [-0.15, -0.1) is 0 Å². The van der Waals surface area contributed by atoms with Gasteiger partial charge >= 0.3 is 0 Å². The Morgan fingerprint density at radius 1 is 1.09 bits per heavy atom. The molecule has 1 aromatic heterocycles. The summed E-state index contributed by atoms with van der Waals surface area (Å²) >= 11 is 0. The lowest BCUT2D eigenvalue weighted by molar-refractivity contribution is -0.133. The van der Waals surface area contributed by atoms with E-state index >= 15 is 0 Å². The summed E-state index contributed by atoms with van der Waals surface area (Å²) < 4.78 is 7.53. The second-order valence-corrected chi connectivity index (χ2v) is 10.0. The van der Waals surface area contributed by atoms with E-state index in [0.29, 0.717) is 18.8 Å². The van der Waals surface area contributed by atoms with Crippen LogP contribution >= 0.6 is 0 Å². The van der Waals surface area contributed by atoms with Crippen LogP contribution in [0.2, 0.25) is 0 Å². The Bertz CT molecular complexity index is 1000. The number of amides is 2. The van der Waals surface area contributed by atoms with E-state index in [1.165, 1.54) is 12.8 Å². The maximum absolute atomic E-state index is 13.8. The zero-order valence-electron chi connectivity index (χ0n) is 19.7. The van der Waals surface area contributed by atoms with Crippen LogP contribution in [0.4, 0.5) is 0 Å². The monoisotopic (exact) mass is 452 g/mol. The smallest absolute Gasteiger partial charge is 0.271 e. The molecule has 2 fully saturated rings. The number of morpholine rings is 1. The Balaban J connectivity index is 1.44. The van der Waals surface area contributed by atoms with E-state index in [4.69, 9.17) is 4.74 Å². The van der Waals surface area contributed by atoms with Crippen molar-refractivity contribution >= 4 is 22.7 Å². The summed E-state index contributed by atoms with van der Waals surface area (Å²) in [7, 11) is 0. The van der Waals surface area contributed by atoms with Crippen LogP contribution in [-0.2, 0) is 16.1 Å². The third-order valence-corrected chi connectivity index (χ3v) is 7.76. The first-order valence-electron chi connectivity index (χ1n) is 12.6.